The lowest BCUT2D eigenvalue weighted by molar-refractivity contribution is 0.0194. The maximum absolute atomic E-state index is 10.5. The minimum atomic E-state index is -0.533. The maximum atomic E-state index is 10.5. The van der Waals surface area contributed by atoms with Gasteiger partial charge in [-0.3, -0.25) is 4.90 Å². The summed E-state index contributed by atoms with van der Waals surface area (Å²) >= 11 is 0. The van der Waals surface area contributed by atoms with Gasteiger partial charge in [-0.25, -0.2) is 4.68 Å². The first kappa shape index (κ1) is 24.0. The summed E-state index contributed by atoms with van der Waals surface area (Å²) in [5.41, 5.74) is 3.01. The molecular weight excluding hydrogens is 402 g/mol. The molecule has 0 aliphatic carbocycles. The SMILES string of the molecule is CCCN(Cc1c(CC)nn(-c2ccccc2)c1Oc1ccccc1)C[C@H](O)COCC. The Morgan fingerprint density at radius 1 is 1.00 bits per heavy atom. The van der Waals surface area contributed by atoms with E-state index in [2.05, 4.69) is 18.7 Å². The molecule has 0 spiro atoms. The molecular formula is C26H35N3O3. The lowest BCUT2D eigenvalue weighted by Crippen LogP contribution is -2.35. The summed E-state index contributed by atoms with van der Waals surface area (Å²) in [6.45, 7) is 9.20. The highest BCUT2D eigenvalue weighted by Gasteiger charge is 2.23. The summed E-state index contributed by atoms with van der Waals surface area (Å²) < 4.78 is 13.7. The molecule has 3 aromatic rings. The first-order valence-electron chi connectivity index (χ1n) is 11.5. The van der Waals surface area contributed by atoms with Crippen molar-refractivity contribution in [1.29, 1.82) is 0 Å². The number of aliphatic hydroxyl groups is 1. The van der Waals surface area contributed by atoms with Crippen LogP contribution < -0.4 is 4.74 Å². The van der Waals surface area contributed by atoms with Crippen LogP contribution in [0.1, 0.15) is 38.4 Å². The summed E-state index contributed by atoms with van der Waals surface area (Å²) in [7, 11) is 0. The molecule has 6 heteroatoms. The highest BCUT2D eigenvalue weighted by Crippen LogP contribution is 2.32. The van der Waals surface area contributed by atoms with Gasteiger partial charge >= 0.3 is 0 Å². The molecule has 1 atom stereocenters. The van der Waals surface area contributed by atoms with Crippen molar-refractivity contribution in [2.24, 2.45) is 0 Å². The highest BCUT2D eigenvalue weighted by molar-refractivity contribution is 5.43. The van der Waals surface area contributed by atoms with Crippen molar-refractivity contribution < 1.29 is 14.6 Å². The third kappa shape index (κ3) is 6.42. The van der Waals surface area contributed by atoms with E-state index in [1.54, 1.807) is 0 Å². The molecule has 1 N–H and O–H groups in total. The Labute approximate surface area is 191 Å². The van der Waals surface area contributed by atoms with E-state index in [1.165, 1.54) is 0 Å². The lowest BCUT2D eigenvalue weighted by Gasteiger charge is -2.25. The Balaban J connectivity index is 1.97. The van der Waals surface area contributed by atoms with Gasteiger partial charge < -0.3 is 14.6 Å². The molecule has 0 unspecified atom stereocenters. The van der Waals surface area contributed by atoms with E-state index in [0.29, 0.717) is 26.3 Å². The fourth-order valence-electron chi connectivity index (χ4n) is 3.75. The first-order valence-corrected chi connectivity index (χ1v) is 11.5. The minimum Gasteiger partial charge on any atom is -0.439 e. The third-order valence-electron chi connectivity index (χ3n) is 5.22. The molecule has 0 radical (unpaired) electrons. The number of benzene rings is 2. The molecule has 0 saturated heterocycles. The van der Waals surface area contributed by atoms with Crippen molar-refractivity contribution in [1.82, 2.24) is 14.7 Å². The zero-order valence-electron chi connectivity index (χ0n) is 19.4. The second-order valence-corrected chi connectivity index (χ2v) is 7.79. The Morgan fingerprint density at radius 3 is 2.31 bits per heavy atom. The van der Waals surface area contributed by atoms with E-state index in [9.17, 15) is 5.11 Å². The van der Waals surface area contributed by atoms with Crippen LogP contribution in [0.5, 0.6) is 11.6 Å². The number of aromatic nitrogens is 2. The van der Waals surface area contributed by atoms with Crippen LogP contribution in [-0.4, -0.2) is 52.2 Å². The molecule has 0 aliphatic heterocycles. The van der Waals surface area contributed by atoms with Crippen LogP contribution in [0, 0.1) is 0 Å². The fourth-order valence-corrected chi connectivity index (χ4v) is 3.75. The van der Waals surface area contributed by atoms with Crippen molar-refractivity contribution >= 4 is 0 Å². The number of nitrogens with zero attached hydrogens (tertiary/aromatic N) is 3. The number of aryl methyl sites for hydroxylation is 1. The monoisotopic (exact) mass is 437 g/mol. The molecule has 0 saturated carbocycles. The Kier molecular flexibility index (Phi) is 9.28. The van der Waals surface area contributed by atoms with E-state index < -0.39 is 6.10 Å². The second kappa shape index (κ2) is 12.4. The van der Waals surface area contributed by atoms with Gasteiger partial charge in [0.15, 0.2) is 0 Å². The predicted molar refractivity (Wildman–Crippen MR) is 128 cm³/mol. The topological polar surface area (TPSA) is 59.8 Å². The highest BCUT2D eigenvalue weighted by atomic mass is 16.5. The number of hydrogen-bond donors (Lipinski definition) is 1. The number of aliphatic hydroxyl groups excluding tert-OH is 1. The summed E-state index contributed by atoms with van der Waals surface area (Å²) in [6.07, 6.45) is 1.25. The van der Waals surface area contributed by atoms with Crippen LogP contribution in [0.3, 0.4) is 0 Å². The molecule has 0 bridgehead atoms. The molecule has 2 aromatic carbocycles. The number of hydrogen-bond acceptors (Lipinski definition) is 5. The lowest BCUT2D eigenvalue weighted by atomic mass is 10.1. The van der Waals surface area contributed by atoms with Gasteiger partial charge in [-0.15, -0.1) is 0 Å². The number of ether oxygens (including phenoxy) is 2. The van der Waals surface area contributed by atoms with Gasteiger partial charge in [0.1, 0.15) is 5.75 Å². The van der Waals surface area contributed by atoms with Gasteiger partial charge in [0.2, 0.25) is 5.88 Å². The van der Waals surface area contributed by atoms with Crippen molar-refractivity contribution in [3.63, 3.8) is 0 Å². The molecule has 1 aromatic heterocycles. The van der Waals surface area contributed by atoms with Gasteiger partial charge in [0.25, 0.3) is 0 Å². The smallest absolute Gasteiger partial charge is 0.227 e. The minimum absolute atomic E-state index is 0.341. The second-order valence-electron chi connectivity index (χ2n) is 7.79. The predicted octanol–water partition coefficient (Wildman–Crippen LogP) is 4.84. The van der Waals surface area contributed by atoms with E-state index in [4.69, 9.17) is 14.6 Å². The zero-order valence-corrected chi connectivity index (χ0v) is 19.4. The summed E-state index contributed by atoms with van der Waals surface area (Å²) in [6, 6.07) is 19.9. The Morgan fingerprint density at radius 2 is 1.69 bits per heavy atom. The molecule has 3 rings (SSSR count). The Hall–Kier alpha value is -2.67. The van der Waals surface area contributed by atoms with Crippen molar-refractivity contribution in [3.05, 3.63) is 71.9 Å². The van der Waals surface area contributed by atoms with Crippen LogP contribution >= 0.6 is 0 Å². The maximum Gasteiger partial charge on any atom is 0.227 e. The average Bonchev–Trinajstić information content (AvgIpc) is 3.16. The average molecular weight is 438 g/mol. The van der Waals surface area contributed by atoms with Crippen molar-refractivity contribution in [2.45, 2.75) is 46.3 Å². The standard InChI is InChI=1S/C26H35N3O3/c1-4-17-28(18-22(30)20-31-6-3)19-24-25(5-2)27-29(21-13-9-7-10-14-21)26(24)32-23-15-11-8-12-16-23/h7-16,22,30H,4-6,17-20H2,1-3H3/t22-/m0/s1. The van der Waals surface area contributed by atoms with Crippen LogP contribution in [-0.2, 0) is 17.7 Å². The zero-order chi connectivity index (χ0) is 22.8. The molecule has 0 aliphatic rings. The number of para-hydroxylation sites is 2. The van der Waals surface area contributed by atoms with E-state index in [-0.39, 0.29) is 0 Å². The normalized spacial score (nSPS) is 12.3. The summed E-state index contributed by atoms with van der Waals surface area (Å²) in [5.74, 6) is 1.49. The fraction of sp³-hybridized carbons (Fsp3) is 0.423. The largest absolute Gasteiger partial charge is 0.439 e. The summed E-state index contributed by atoms with van der Waals surface area (Å²) in [4.78, 5) is 2.26. The Bertz CT molecular complexity index is 928. The first-order chi connectivity index (χ1) is 15.7. The van der Waals surface area contributed by atoms with Crippen LogP contribution in [0.15, 0.2) is 60.7 Å². The van der Waals surface area contributed by atoms with Gasteiger partial charge in [0.05, 0.1) is 29.7 Å². The molecule has 32 heavy (non-hydrogen) atoms. The van der Waals surface area contributed by atoms with E-state index in [0.717, 1.165) is 48.0 Å². The molecule has 6 nitrogen and oxygen atoms in total. The molecule has 1 heterocycles. The van der Waals surface area contributed by atoms with Crippen LogP contribution in [0.4, 0.5) is 0 Å². The molecule has 172 valence electrons. The van der Waals surface area contributed by atoms with E-state index >= 15 is 0 Å². The third-order valence-corrected chi connectivity index (χ3v) is 5.22. The quantitative estimate of drug-likeness (QED) is 0.415. The van der Waals surface area contributed by atoms with Crippen molar-refractivity contribution in [2.75, 3.05) is 26.3 Å². The van der Waals surface area contributed by atoms with Gasteiger partial charge in [-0.1, -0.05) is 50.2 Å². The summed E-state index contributed by atoms with van der Waals surface area (Å²) in [5, 5.41) is 15.4. The molecule has 0 fully saturated rings. The van der Waals surface area contributed by atoms with Gasteiger partial charge in [-0.2, -0.15) is 5.10 Å². The van der Waals surface area contributed by atoms with Crippen molar-refractivity contribution in [3.8, 4) is 17.3 Å². The van der Waals surface area contributed by atoms with E-state index in [1.807, 2.05) is 72.3 Å². The molecule has 0 amide bonds. The number of rotatable bonds is 13. The van der Waals surface area contributed by atoms with Crippen LogP contribution in [0.25, 0.3) is 5.69 Å². The van der Waals surface area contributed by atoms with Crippen LogP contribution in [0.2, 0.25) is 0 Å². The van der Waals surface area contributed by atoms with Gasteiger partial charge in [-0.05, 0) is 50.6 Å². The van der Waals surface area contributed by atoms with Gasteiger partial charge in [0, 0.05) is 19.7 Å².